The van der Waals surface area contributed by atoms with Crippen molar-refractivity contribution in [3.8, 4) is 0 Å². The number of halogens is 1. The fourth-order valence-electron chi connectivity index (χ4n) is 1.23. The van der Waals surface area contributed by atoms with Gasteiger partial charge in [-0.15, -0.1) is 0 Å². The summed E-state index contributed by atoms with van der Waals surface area (Å²) in [4.78, 5) is 0. The van der Waals surface area contributed by atoms with Crippen LogP contribution in [0, 0.1) is 0 Å². The molecule has 0 saturated carbocycles. The first-order valence-corrected chi connectivity index (χ1v) is 5.02. The second kappa shape index (κ2) is 4.58. The summed E-state index contributed by atoms with van der Waals surface area (Å²) in [6.45, 7) is 3.74. The van der Waals surface area contributed by atoms with Crippen molar-refractivity contribution in [3.05, 3.63) is 40.4 Å². The van der Waals surface area contributed by atoms with Gasteiger partial charge in [-0.25, -0.2) is 0 Å². The minimum atomic E-state index is -0.396. The monoisotopic (exact) mass is 240 g/mol. The molecule has 0 aliphatic carbocycles. The molecule has 1 N–H and O–H groups in total. The molecule has 0 aromatic heterocycles. The van der Waals surface area contributed by atoms with E-state index in [-0.39, 0.29) is 0 Å². The van der Waals surface area contributed by atoms with Crippen molar-refractivity contribution in [2.75, 3.05) is 0 Å². The van der Waals surface area contributed by atoms with Crippen LogP contribution in [0.1, 0.15) is 19.4 Å². The van der Waals surface area contributed by atoms with Gasteiger partial charge >= 0.3 is 0 Å². The Balaban J connectivity index is 3.02. The van der Waals surface area contributed by atoms with E-state index in [0.717, 1.165) is 15.6 Å². The summed E-state index contributed by atoms with van der Waals surface area (Å²) in [5.74, 6) is 0. The van der Waals surface area contributed by atoms with Gasteiger partial charge in [-0.05, 0) is 31.1 Å². The number of hydrogen-bond donors (Lipinski definition) is 1. The molecule has 0 aliphatic heterocycles. The van der Waals surface area contributed by atoms with Gasteiger partial charge in [0.25, 0.3) is 0 Å². The summed E-state index contributed by atoms with van der Waals surface area (Å²) in [5, 5.41) is 9.18. The molecule has 0 aliphatic rings. The van der Waals surface area contributed by atoms with Crippen LogP contribution in [0.5, 0.6) is 0 Å². The summed E-state index contributed by atoms with van der Waals surface area (Å²) < 4.78 is 1.06. The molecule has 0 amide bonds. The normalized spacial score (nSPS) is 14.3. The highest BCUT2D eigenvalue weighted by atomic mass is 79.9. The van der Waals surface area contributed by atoms with Gasteiger partial charge in [-0.3, -0.25) is 0 Å². The average molecular weight is 241 g/mol. The molecule has 13 heavy (non-hydrogen) atoms. The molecule has 0 bridgehead atoms. The topological polar surface area (TPSA) is 20.2 Å². The first kappa shape index (κ1) is 10.5. The molecular formula is C11H13BrO. The largest absolute Gasteiger partial charge is 0.389 e. The van der Waals surface area contributed by atoms with Crippen LogP contribution < -0.4 is 0 Å². The molecule has 1 nitrogen and oxygen atoms in total. The lowest BCUT2D eigenvalue weighted by molar-refractivity contribution is 0.244. The van der Waals surface area contributed by atoms with Crippen molar-refractivity contribution >= 4 is 21.5 Å². The third-order valence-corrected chi connectivity index (χ3v) is 2.48. The first-order chi connectivity index (χ1) is 6.11. The predicted octanol–water partition coefficient (Wildman–Crippen LogP) is 3.23. The van der Waals surface area contributed by atoms with Gasteiger partial charge in [0.2, 0.25) is 0 Å². The number of aliphatic hydroxyl groups excluding tert-OH is 1. The van der Waals surface area contributed by atoms with E-state index in [2.05, 4.69) is 15.9 Å². The Labute approximate surface area is 87.2 Å². The Morgan fingerprint density at radius 3 is 2.62 bits per heavy atom. The van der Waals surface area contributed by atoms with Crippen molar-refractivity contribution in [2.45, 2.75) is 20.0 Å². The summed E-state index contributed by atoms with van der Waals surface area (Å²) in [6, 6.07) is 7.98. The number of hydrogen-bond acceptors (Lipinski definition) is 1. The SMILES string of the molecule is C/C(=C/C(C)O)c1ccccc1Br. The minimum absolute atomic E-state index is 0.396. The summed E-state index contributed by atoms with van der Waals surface area (Å²) in [6.07, 6.45) is 1.44. The molecular weight excluding hydrogens is 228 g/mol. The van der Waals surface area contributed by atoms with Crippen LogP contribution in [-0.4, -0.2) is 11.2 Å². The average Bonchev–Trinajstić information content (AvgIpc) is 2.03. The van der Waals surface area contributed by atoms with Gasteiger partial charge in [0.1, 0.15) is 0 Å². The zero-order valence-corrected chi connectivity index (χ0v) is 9.38. The Hall–Kier alpha value is -0.600. The van der Waals surface area contributed by atoms with E-state index >= 15 is 0 Å². The molecule has 2 heteroatoms. The van der Waals surface area contributed by atoms with E-state index in [1.807, 2.05) is 37.3 Å². The van der Waals surface area contributed by atoms with E-state index in [0.29, 0.717) is 0 Å². The fraction of sp³-hybridized carbons (Fsp3) is 0.273. The van der Waals surface area contributed by atoms with Crippen molar-refractivity contribution in [2.24, 2.45) is 0 Å². The van der Waals surface area contributed by atoms with Gasteiger partial charge in [0.05, 0.1) is 6.10 Å². The maximum Gasteiger partial charge on any atom is 0.0698 e. The molecule has 0 radical (unpaired) electrons. The van der Waals surface area contributed by atoms with E-state index in [1.54, 1.807) is 6.92 Å². The lowest BCUT2D eigenvalue weighted by Gasteiger charge is -2.05. The van der Waals surface area contributed by atoms with Crippen molar-refractivity contribution in [1.29, 1.82) is 0 Å². The smallest absolute Gasteiger partial charge is 0.0698 e. The summed E-state index contributed by atoms with van der Waals surface area (Å²) in [7, 11) is 0. The Morgan fingerprint density at radius 1 is 1.46 bits per heavy atom. The molecule has 1 aromatic carbocycles. The molecule has 1 unspecified atom stereocenters. The van der Waals surface area contributed by atoms with Gasteiger partial charge < -0.3 is 5.11 Å². The molecule has 0 spiro atoms. The maximum atomic E-state index is 9.18. The van der Waals surface area contributed by atoms with Crippen LogP contribution in [0.2, 0.25) is 0 Å². The van der Waals surface area contributed by atoms with E-state index in [1.165, 1.54) is 0 Å². The number of rotatable bonds is 2. The Morgan fingerprint density at radius 2 is 2.08 bits per heavy atom. The van der Waals surface area contributed by atoms with E-state index in [9.17, 15) is 5.11 Å². The molecule has 1 aromatic rings. The van der Waals surface area contributed by atoms with Crippen LogP contribution >= 0.6 is 15.9 Å². The van der Waals surface area contributed by atoms with Crippen LogP contribution in [0.3, 0.4) is 0 Å². The van der Waals surface area contributed by atoms with E-state index in [4.69, 9.17) is 0 Å². The second-order valence-corrected chi connectivity index (χ2v) is 3.92. The number of aliphatic hydroxyl groups is 1. The Bertz CT molecular complexity index is 316. The standard InChI is InChI=1S/C11H13BrO/c1-8(7-9(2)13)10-5-3-4-6-11(10)12/h3-7,9,13H,1-2H3/b8-7-. The lowest BCUT2D eigenvalue weighted by Crippen LogP contribution is -1.94. The van der Waals surface area contributed by atoms with Crippen LogP contribution in [-0.2, 0) is 0 Å². The quantitative estimate of drug-likeness (QED) is 0.842. The highest BCUT2D eigenvalue weighted by Gasteiger charge is 2.00. The predicted molar refractivity (Wildman–Crippen MR) is 59.5 cm³/mol. The van der Waals surface area contributed by atoms with Crippen LogP contribution in [0.25, 0.3) is 5.57 Å². The van der Waals surface area contributed by atoms with Crippen molar-refractivity contribution in [3.63, 3.8) is 0 Å². The highest BCUT2D eigenvalue weighted by molar-refractivity contribution is 9.10. The third-order valence-electron chi connectivity index (χ3n) is 1.79. The highest BCUT2D eigenvalue weighted by Crippen LogP contribution is 2.23. The molecule has 0 fully saturated rings. The zero-order chi connectivity index (χ0) is 9.84. The summed E-state index contributed by atoms with van der Waals surface area (Å²) in [5.41, 5.74) is 2.21. The van der Waals surface area contributed by atoms with Gasteiger partial charge in [-0.2, -0.15) is 0 Å². The molecule has 1 atom stereocenters. The second-order valence-electron chi connectivity index (χ2n) is 3.07. The first-order valence-electron chi connectivity index (χ1n) is 4.22. The molecule has 70 valence electrons. The Kier molecular flexibility index (Phi) is 3.70. The van der Waals surface area contributed by atoms with Gasteiger partial charge in [-0.1, -0.05) is 40.2 Å². The van der Waals surface area contributed by atoms with Crippen LogP contribution in [0.4, 0.5) is 0 Å². The van der Waals surface area contributed by atoms with Crippen molar-refractivity contribution < 1.29 is 5.11 Å². The lowest BCUT2D eigenvalue weighted by atomic mass is 10.1. The number of benzene rings is 1. The molecule has 0 heterocycles. The van der Waals surface area contributed by atoms with E-state index < -0.39 is 6.10 Å². The molecule has 0 saturated heterocycles. The zero-order valence-electron chi connectivity index (χ0n) is 7.79. The fourth-order valence-corrected chi connectivity index (χ4v) is 1.83. The maximum absolute atomic E-state index is 9.18. The minimum Gasteiger partial charge on any atom is -0.389 e. The summed E-state index contributed by atoms with van der Waals surface area (Å²) >= 11 is 3.46. The third kappa shape index (κ3) is 2.98. The number of allylic oxidation sites excluding steroid dienone is 1. The molecule has 1 rings (SSSR count). The van der Waals surface area contributed by atoms with Gasteiger partial charge in [0, 0.05) is 4.47 Å². The van der Waals surface area contributed by atoms with Gasteiger partial charge in [0.15, 0.2) is 0 Å². The van der Waals surface area contributed by atoms with Crippen LogP contribution in [0.15, 0.2) is 34.8 Å². The van der Waals surface area contributed by atoms with Crippen molar-refractivity contribution in [1.82, 2.24) is 0 Å².